The Bertz CT molecular complexity index is 1900. The second-order valence-corrected chi connectivity index (χ2v) is 9.75. The van der Waals surface area contributed by atoms with Crippen molar-refractivity contribution in [1.82, 2.24) is 4.90 Å². The van der Waals surface area contributed by atoms with E-state index in [0.29, 0.717) is 5.75 Å². The van der Waals surface area contributed by atoms with Gasteiger partial charge in [-0.3, -0.25) is 14.5 Å². The van der Waals surface area contributed by atoms with Gasteiger partial charge in [0.15, 0.2) is 0 Å². The van der Waals surface area contributed by atoms with Crippen LogP contribution in [0.15, 0.2) is 108 Å². The number of nitrogens with one attached hydrogen (secondary N) is 1. The Labute approximate surface area is 248 Å². The Morgan fingerprint density at radius 1 is 0.818 bits per heavy atom. The van der Waals surface area contributed by atoms with Gasteiger partial charge in [0.25, 0.3) is 11.8 Å². The topological polar surface area (TPSA) is 90.8 Å². The monoisotopic (exact) mass is 602 g/mol. The van der Waals surface area contributed by atoms with Crippen LogP contribution in [-0.2, 0) is 4.79 Å². The zero-order chi connectivity index (χ0) is 31.4. The second kappa shape index (κ2) is 12.4. The van der Waals surface area contributed by atoms with E-state index in [2.05, 4.69) is 11.1 Å². The molecule has 1 aliphatic heterocycles. The lowest BCUT2D eigenvalue weighted by atomic mass is 10.1. The summed E-state index contributed by atoms with van der Waals surface area (Å²) in [5.74, 6) is -0.675. The van der Waals surface area contributed by atoms with Crippen molar-refractivity contribution in [3.63, 3.8) is 0 Å². The Balaban J connectivity index is 0.000000712. The summed E-state index contributed by atoms with van der Waals surface area (Å²) in [5, 5.41) is 1.81. The Hall–Kier alpha value is -5.52. The van der Waals surface area contributed by atoms with Crippen LogP contribution < -0.4 is 15.1 Å². The molecule has 7 nitrogen and oxygen atoms in total. The number of imide groups is 1. The molecule has 0 saturated carbocycles. The van der Waals surface area contributed by atoms with E-state index in [-0.39, 0.29) is 11.1 Å². The predicted molar refractivity (Wildman–Crippen MR) is 154 cm³/mol. The molecule has 0 aliphatic carbocycles. The van der Waals surface area contributed by atoms with E-state index in [4.69, 9.17) is 9.15 Å². The lowest BCUT2D eigenvalue weighted by Crippen LogP contribution is -2.70. The molecule has 0 spiro atoms. The summed E-state index contributed by atoms with van der Waals surface area (Å²) in [4.78, 5) is 41.9. The number of fused-ring (bicyclic) bond motifs is 2. The van der Waals surface area contributed by atoms with Gasteiger partial charge in [-0.25, -0.2) is 9.79 Å². The van der Waals surface area contributed by atoms with Gasteiger partial charge < -0.3 is 26.4 Å². The van der Waals surface area contributed by atoms with Crippen molar-refractivity contribution in [2.75, 3.05) is 6.54 Å². The summed E-state index contributed by atoms with van der Waals surface area (Å²) in [6.45, 7) is 1.56. The van der Waals surface area contributed by atoms with Gasteiger partial charge in [0.2, 0.25) is 11.0 Å². The van der Waals surface area contributed by atoms with Crippen LogP contribution in [-0.4, -0.2) is 36.5 Å². The third kappa shape index (κ3) is 7.09. The van der Waals surface area contributed by atoms with E-state index in [1.54, 1.807) is 48.5 Å². The number of hydrogen-bond acceptors (Lipinski definition) is 5. The molecular weight excluding hydrogens is 579 g/mol. The minimum Gasteiger partial charge on any atom is -0.456 e. The molecule has 5 aromatic rings. The number of esters is 1. The summed E-state index contributed by atoms with van der Waals surface area (Å²) >= 11 is 0. The van der Waals surface area contributed by atoms with Crippen molar-refractivity contribution in [1.29, 1.82) is 0 Å². The van der Waals surface area contributed by atoms with E-state index in [1.807, 2.05) is 55.5 Å². The average molecular weight is 602 g/mol. The number of nitrogens with zero attached hydrogens (tertiary/aromatic N) is 1. The van der Waals surface area contributed by atoms with Crippen LogP contribution in [0.1, 0.15) is 26.3 Å². The summed E-state index contributed by atoms with van der Waals surface area (Å²) in [7, 11) is -6.00. The molecule has 1 aliphatic rings. The van der Waals surface area contributed by atoms with Gasteiger partial charge in [0, 0.05) is 17.7 Å². The molecule has 12 heteroatoms. The van der Waals surface area contributed by atoms with Gasteiger partial charge in [-0.2, -0.15) is 0 Å². The van der Waals surface area contributed by atoms with E-state index in [0.717, 1.165) is 43.8 Å². The molecule has 0 unspecified atom stereocenters. The van der Waals surface area contributed by atoms with Gasteiger partial charge in [0.1, 0.15) is 23.6 Å². The standard InChI is InChI=1S/C32H22N2O5.BF4/c1-20-11-16-28-26(17-20)27(18-29(39-28)21-7-3-2-4-8-21)33-22-12-14-23(15-13-22)38-30(35)19-34-31(36)24-9-5-6-10-25(24)32(34)37;2-1(3,4)5/h2-18H,19H2,1H3;/q;-1/p+1. The number of hydrogen-bond donors (Lipinski definition) is 1. The van der Waals surface area contributed by atoms with E-state index in [9.17, 15) is 31.6 Å². The maximum atomic E-state index is 12.5. The molecule has 222 valence electrons. The third-order valence-electron chi connectivity index (χ3n) is 6.51. The minimum atomic E-state index is -6.00. The van der Waals surface area contributed by atoms with Crippen LogP contribution in [0, 0.1) is 6.92 Å². The number of aryl methyl sites for hydroxylation is 1. The summed E-state index contributed by atoms with van der Waals surface area (Å²) < 4.78 is 50.6. The van der Waals surface area contributed by atoms with Crippen LogP contribution in [0.5, 0.6) is 5.75 Å². The normalized spacial score (nSPS) is 13.0. The predicted octanol–water partition coefficient (Wildman–Crippen LogP) is 5.22. The number of rotatable bonds is 5. The fourth-order valence-electron chi connectivity index (χ4n) is 4.59. The van der Waals surface area contributed by atoms with Crippen molar-refractivity contribution >= 4 is 41.7 Å². The lowest BCUT2D eigenvalue weighted by molar-refractivity contribution is -0.400. The molecule has 2 heterocycles. The highest BCUT2D eigenvalue weighted by Crippen LogP contribution is 2.24. The van der Waals surface area contributed by atoms with E-state index >= 15 is 0 Å². The fraction of sp³-hybridized carbons (Fsp3) is 0.0625. The Morgan fingerprint density at radius 3 is 2.02 bits per heavy atom. The van der Waals surface area contributed by atoms with Crippen molar-refractivity contribution in [3.8, 4) is 17.1 Å². The van der Waals surface area contributed by atoms with Crippen LogP contribution in [0.25, 0.3) is 22.3 Å². The number of ether oxygens (including phenoxy) is 1. The second-order valence-electron chi connectivity index (χ2n) is 9.75. The highest BCUT2D eigenvalue weighted by Gasteiger charge is 2.36. The summed E-state index contributed by atoms with van der Waals surface area (Å²) in [6.07, 6.45) is 0. The molecule has 0 radical (unpaired) electrons. The van der Waals surface area contributed by atoms with Crippen molar-refractivity contribution in [2.45, 2.75) is 6.92 Å². The zero-order valence-electron chi connectivity index (χ0n) is 23.1. The van der Waals surface area contributed by atoms with Crippen LogP contribution in [0.4, 0.5) is 23.0 Å². The van der Waals surface area contributed by atoms with Crippen molar-refractivity contribution < 1.29 is 45.8 Å². The summed E-state index contributed by atoms with van der Waals surface area (Å²) in [6, 6.07) is 31.3. The molecule has 0 saturated heterocycles. The molecule has 0 atom stereocenters. The van der Waals surface area contributed by atoms with Gasteiger partial charge in [-0.15, -0.1) is 0 Å². The van der Waals surface area contributed by atoms with Gasteiger partial charge in [-0.05, 0) is 43.3 Å². The van der Waals surface area contributed by atoms with Gasteiger partial charge in [0.05, 0.1) is 22.6 Å². The smallest absolute Gasteiger partial charge is 0.456 e. The molecule has 2 amide bonds. The van der Waals surface area contributed by atoms with Gasteiger partial charge >= 0.3 is 13.2 Å². The number of carbonyl (C=O) groups is 3. The molecule has 44 heavy (non-hydrogen) atoms. The zero-order valence-corrected chi connectivity index (χ0v) is 23.1. The lowest BCUT2D eigenvalue weighted by Gasteiger charge is -2.12. The maximum Gasteiger partial charge on any atom is 0.673 e. The fourth-order valence-corrected chi connectivity index (χ4v) is 4.59. The maximum absolute atomic E-state index is 12.5. The highest BCUT2D eigenvalue weighted by molar-refractivity contribution is 6.50. The summed E-state index contributed by atoms with van der Waals surface area (Å²) in [5.41, 5.74) is 4.18. The molecule has 0 bridgehead atoms. The molecule has 1 aromatic heterocycles. The van der Waals surface area contributed by atoms with Crippen molar-refractivity contribution in [2.24, 2.45) is 0 Å². The molecule has 6 rings (SSSR count). The first-order chi connectivity index (χ1) is 21.0. The van der Waals surface area contributed by atoms with Crippen LogP contribution in [0.3, 0.4) is 0 Å². The number of carbonyl (C=O) groups excluding carboxylic acids is 3. The number of amides is 2. The Kier molecular flexibility index (Phi) is 8.43. The van der Waals surface area contributed by atoms with Gasteiger partial charge in [-0.1, -0.05) is 54.1 Å². The molecule has 4 aromatic carbocycles. The minimum absolute atomic E-state index is 0.289. The molecular formula is C32H23BF4N2O5. The first-order valence-electron chi connectivity index (χ1n) is 13.3. The SMILES string of the molecule is Cc1ccc2oc(-c3ccccc3)cc(=[NH+]c3ccc(OC(=O)CN4C(=O)c5ccccc5C4=O)cc3)c2c1.F[B-](F)(F)F. The first kappa shape index (κ1) is 30.0. The van der Waals surface area contributed by atoms with Crippen LogP contribution in [0.2, 0.25) is 0 Å². The quantitative estimate of drug-likeness (QED) is 0.0980. The van der Waals surface area contributed by atoms with Crippen molar-refractivity contribution in [3.05, 3.63) is 125 Å². The largest absolute Gasteiger partial charge is 0.673 e. The third-order valence-corrected chi connectivity index (χ3v) is 6.51. The van der Waals surface area contributed by atoms with E-state index in [1.165, 1.54) is 0 Å². The molecule has 1 N–H and O–H groups in total. The van der Waals surface area contributed by atoms with Crippen LogP contribution >= 0.6 is 0 Å². The number of halogens is 4. The molecule has 0 fully saturated rings. The average Bonchev–Trinajstić information content (AvgIpc) is 3.22. The number of benzene rings is 4. The van der Waals surface area contributed by atoms with E-state index < -0.39 is 31.6 Å². The highest BCUT2D eigenvalue weighted by atomic mass is 19.5. The first-order valence-corrected chi connectivity index (χ1v) is 13.3. The Morgan fingerprint density at radius 2 is 1.41 bits per heavy atom.